The van der Waals surface area contributed by atoms with Crippen LogP contribution < -0.4 is 24.4 Å². The number of aromatic nitrogens is 1. The van der Waals surface area contributed by atoms with Crippen LogP contribution in [-0.2, 0) is 16.1 Å². The molecule has 1 aliphatic heterocycles. The van der Waals surface area contributed by atoms with E-state index < -0.39 is 12.0 Å². The third-order valence-electron chi connectivity index (χ3n) is 6.66. The van der Waals surface area contributed by atoms with Crippen LogP contribution in [0.1, 0.15) is 43.5 Å². The number of allylic oxidation sites excluding steroid dienone is 1. The minimum absolute atomic E-state index is 0.190. The summed E-state index contributed by atoms with van der Waals surface area (Å²) < 4.78 is 19.0. The largest absolute Gasteiger partial charge is 0.494 e. The zero-order valence-electron chi connectivity index (χ0n) is 23.5. The Labute approximate surface area is 267 Å². The highest BCUT2D eigenvalue weighted by atomic mass is 35.5. The van der Waals surface area contributed by atoms with E-state index in [1.165, 1.54) is 15.9 Å². The Hall–Kier alpha value is -3.56. The van der Waals surface area contributed by atoms with Crippen molar-refractivity contribution in [2.45, 2.75) is 33.4 Å². The molecule has 0 N–H and O–H groups in total. The molecule has 43 heavy (non-hydrogen) atoms. The molecule has 1 aliphatic rings. The summed E-state index contributed by atoms with van der Waals surface area (Å²) in [7, 11) is 0. The molecule has 0 spiro atoms. The lowest BCUT2D eigenvalue weighted by molar-refractivity contribution is -0.139. The molecule has 5 rings (SSSR count). The molecule has 7 nitrogen and oxygen atoms in total. The second-order valence-corrected chi connectivity index (χ2v) is 11.8. The summed E-state index contributed by atoms with van der Waals surface area (Å²) >= 11 is 19.8. The van der Waals surface area contributed by atoms with E-state index >= 15 is 0 Å². The predicted molar refractivity (Wildman–Crippen MR) is 170 cm³/mol. The first kappa shape index (κ1) is 30.9. The molecule has 222 valence electrons. The summed E-state index contributed by atoms with van der Waals surface area (Å²) in [4.78, 5) is 32.3. The van der Waals surface area contributed by atoms with Crippen molar-refractivity contribution in [2.75, 3.05) is 13.2 Å². The number of halogens is 3. The molecular weight excluding hydrogens is 631 g/mol. The first-order chi connectivity index (χ1) is 20.7. The van der Waals surface area contributed by atoms with Crippen molar-refractivity contribution in [3.8, 4) is 11.5 Å². The van der Waals surface area contributed by atoms with Crippen LogP contribution in [0, 0.1) is 0 Å². The van der Waals surface area contributed by atoms with Gasteiger partial charge in [0.2, 0.25) is 0 Å². The monoisotopic (exact) mass is 656 g/mol. The van der Waals surface area contributed by atoms with Gasteiger partial charge in [-0.15, -0.1) is 0 Å². The predicted octanol–water partition coefficient (Wildman–Crippen LogP) is 6.74. The van der Waals surface area contributed by atoms with Crippen LogP contribution in [0.25, 0.3) is 6.08 Å². The number of nitrogens with zero attached hydrogens (tertiary/aromatic N) is 2. The van der Waals surface area contributed by atoms with Crippen molar-refractivity contribution in [1.82, 2.24) is 4.57 Å². The summed E-state index contributed by atoms with van der Waals surface area (Å²) in [5, 5.41) is 1.37. The van der Waals surface area contributed by atoms with E-state index in [2.05, 4.69) is 4.99 Å². The Bertz CT molecular complexity index is 1900. The van der Waals surface area contributed by atoms with Crippen LogP contribution in [0.3, 0.4) is 0 Å². The normalized spacial score (nSPS) is 14.7. The molecule has 0 fully saturated rings. The lowest BCUT2D eigenvalue weighted by Gasteiger charge is -2.24. The molecule has 0 radical (unpaired) electrons. The first-order valence-electron chi connectivity index (χ1n) is 13.5. The van der Waals surface area contributed by atoms with Gasteiger partial charge >= 0.3 is 5.97 Å². The summed E-state index contributed by atoms with van der Waals surface area (Å²) in [6.45, 7) is 6.32. The Morgan fingerprint density at radius 2 is 1.74 bits per heavy atom. The second kappa shape index (κ2) is 13.4. The van der Waals surface area contributed by atoms with E-state index in [0.29, 0.717) is 59.3 Å². The maximum absolute atomic E-state index is 14.0. The van der Waals surface area contributed by atoms with E-state index in [4.69, 9.17) is 49.0 Å². The molecule has 0 aliphatic carbocycles. The van der Waals surface area contributed by atoms with Crippen LogP contribution in [0.5, 0.6) is 11.5 Å². The molecule has 4 aromatic rings. The van der Waals surface area contributed by atoms with Crippen LogP contribution in [0.15, 0.2) is 81.7 Å². The number of carbonyl (C=O) groups excluding carboxylic acids is 1. The summed E-state index contributed by atoms with van der Waals surface area (Å²) in [6, 6.07) is 17.0. The van der Waals surface area contributed by atoms with Gasteiger partial charge in [0, 0.05) is 10.6 Å². The quantitative estimate of drug-likeness (QED) is 0.187. The number of thiazole rings is 1. The van der Waals surface area contributed by atoms with Crippen molar-refractivity contribution in [3.63, 3.8) is 0 Å². The van der Waals surface area contributed by atoms with Gasteiger partial charge in [-0.05, 0) is 80.4 Å². The number of hydrogen-bond acceptors (Lipinski definition) is 7. The zero-order chi connectivity index (χ0) is 30.7. The fourth-order valence-corrected chi connectivity index (χ4v) is 6.25. The van der Waals surface area contributed by atoms with E-state index in [9.17, 15) is 9.59 Å². The summed E-state index contributed by atoms with van der Waals surface area (Å²) in [5.41, 5.74) is 2.63. The molecule has 11 heteroatoms. The molecule has 3 aromatic carbocycles. The number of fused-ring (bicyclic) bond motifs is 1. The van der Waals surface area contributed by atoms with Crippen molar-refractivity contribution < 1.29 is 19.0 Å². The molecule has 0 unspecified atom stereocenters. The first-order valence-corrected chi connectivity index (χ1v) is 15.4. The maximum Gasteiger partial charge on any atom is 0.338 e. The third kappa shape index (κ3) is 6.68. The molecule has 1 atom stereocenters. The van der Waals surface area contributed by atoms with Gasteiger partial charge in [0.05, 0.1) is 45.1 Å². The fourth-order valence-electron chi connectivity index (χ4n) is 4.72. The van der Waals surface area contributed by atoms with Gasteiger partial charge in [0.25, 0.3) is 5.56 Å². The van der Waals surface area contributed by atoms with E-state index in [1.54, 1.807) is 50.3 Å². The number of esters is 1. The maximum atomic E-state index is 14.0. The lowest BCUT2D eigenvalue weighted by atomic mass is 9.96. The number of ether oxygens (including phenoxy) is 3. The van der Waals surface area contributed by atoms with Gasteiger partial charge in [-0.1, -0.05) is 64.3 Å². The highest BCUT2D eigenvalue weighted by Crippen LogP contribution is 2.32. The average Bonchev–Trinajstić information content (AvgIpc) is 3.28. The average molecular weight is 658 g/mol. The number of carbonyl (C=O) groups is 1. The highest BCUT2D eigenvalue weighted by molar-refractivity contribution is 7.07. The highest BCUT2D eigenvalue weighted by Gasteiger charge is 2.33. The molecule has 0 saturated carbocycles. The molecular formula is C32H27Cl3N2O5S. The van der Waals surface area contributed by atoms with E-state index in [1.807, 2.05) is 37.3 Å². The Morgan fingerprint density at radius 3 is 2.44 bits per heavy atom. The van der Waals surface area contributed by atoms with Crippen LogP contribution in [0.2, 0.25) is 15.1 Å². The standard InChI is InChI=1S/C32H27Cl3N2O5S/c1-4-40-23-10-7-20(8-11-23)29-28(31(39)41-5-2)18(3)36-32-37(29)30(38)27(43-32)16-21-15-22(33)9-13-26(21)42-17-19-6-12-24(34)25(35)14-19/h6-16,29H,4-5,17H2,1-3H3/b27-16-/t29-/m0/s1. The molecule has 0 saturated heterocycles. The number of benzene rings is 3. The molecule has 0 amide bonds. The van der Waals surface area contributed by atoms with Gasteiger partial charge in [0.1, 0.15) is 18.1 Å². The van der Waals surface area contributed by atoms with Crippen LogP contribution in [0.4, 0.5) is 0 Å². The number of rotatable bonds is 9. The van der Waals surface area contributed by atoms with Gasteiger partial charge < -0.3 is 14.2 Å². The zero-order valence-corrected chi connectivity index (χ0v) is 26.6. The second-order valence-electron chi connectivity index (χ2n) is 9.52. The SMILES string of the molecule is CCOC(=O)C1=C(C)N=c2s/c(=C\c3cc(Cl)ccc3OCc3ccc(Cl)c(Cl)c3)c(=O)n2[C@H]1c1ccc(OCC)cc1. The van der Waals surface area contributed by atoms with Crippen molar-refractivity contribution in [1.29, 1.82) is 0 Å². The minimum Gasteiger partial charge on any atom is -0.494 e. The Balaban J connectivity index is 1.59. The molecule has 1 aromatic heterocycles. The van der Waals surface area contributed by atoms with Gasteiger partial charge in [-0.3, -0.25) is 9.36 Å². The topological polar surface area (TPSA) is 79.1 Å². The fraction of sp³-hybridized carbons (Fsp3) is 0.219. The molecule has 2 heterocycles. The summed E-state index contributed by atoms with van der Waals surface area (Å²) in [6.07, 6.45) is 1.72. The van der Waals surface area contributed by atoms with Gasteiger partial charge in [0.15, 0.2) is 4.80 Å². The van der Waals surface area contributed by atoms with Crippen molar-refractivity contribution in [3.05, 3.63) is 123 Å². The smallest absolute Gasteiger partial charge is 0.338 e. The summed E-state index contributed by atoms with van der Waals surface area (Å²) in [5.74, 6) is 0.684. The lowest BCUT2D eigenvalue weighted by Crippen LogP contribution is -2.39. The number of hydrogen-bond donors (Lipinski definition) is 0. The Morgan fingerprint density at radius 1 is 0.977 bits per heavy atom. The third-order valence-corrected chi connectivity index (χ3v) is 8.62. The minimum atomic E-state index is -0.738. The van der Waals surface area contributed by atoms with Crippen LogP contribution >= 0.6 is 46.1 Å². The van der Waals surface area contributed by atoms with E-state index in [0.717, 1.165) is 11.1 Å². The molecule has 0 bridgehead atoms. The van der Waals surface area contributed by atoms with Crippen molar-refractivity contribution in [2.24, 2.45) is 4.99 Å². The van der Waals surface area contributed by atoms with E-state index in [-0.39, 0.29) is 18.8 Å². The van der Waals surface area contributed by atoms with Gasteiger partial charge in [-0.2, -0.15) is 0 Å². The van der Waals surface area contributed by atoms with Crippen molar-refractivity contribution >= 4 is 58.2 Å². The Kier molecular flexibility index (Phi) is 9.62. The van der Waals surface area contributed by atoms with Crippen LogP contribution in [-0.4, -0.2) is 23.8 Å². The van der Waals surface area contributed by atoms with Gasteiger partial charge in [-0.25, -0.2) is 9.79 Å².